The van der Waals surface area contributed by atoms with Crippen molar-refractivity contribution >= 4 is 48.3 Å². The van der Waals surface area contributed by atoms with E-state index in [2.05, 4.69) is 41.9 Å². The maximum absolute atomic E-state index is 12.3. The molecule has 1 aliphatic rings. The lowest BCUT2D eigenvalue weighted by molar-refractivity contribution is -0.0503. The summed E-state index contributed by atoms with van der Waals surface area (Å²) < 4.78 is 76.0. The molecule has 4 unspecified atom stereocenters. The molecule has 8 atom stereocenters. The highest BCUT2D eigenvalue weighted by Gasteiger charge is 2.48. The molecule has 0 aliphatic carbocycles. The van der Waals surface area contributed by atoms with Gasteiger partial charge in [-0.2, -0.15) is 12.9 Å². The van der Waals surface area contributed by atoms with Gasteiger partial charge in [-0.3, -0.25) is 18.6 Å². The highest BCUT2D eigenvalue weighted by Crippen LogP contribution is 2.71. The monoisotopic (exact) mass is 738 g/mol. The summed E-state index contributed by atoms with van der Waals surface area (Å²) in [6.07, 6.45) is -3.16. The van der Waals surface area contributed by atoms with Gasteiger partial charge in [0.25, 0.3) is 0 Å². The molecule has 4 rings (SSSR count). The predicted octanol–water partition coefficient (Wildman–Crippen LogP) is -0.386. The number of phosphoric ester groups is 2. The first-order valence-corrected chi connectivity index (χ1v) is 18.2. The SMILES string of the molecule is Cc1ncc(COP(=O)(O)OP(=O)(O)OP(=O)(O)OP(=O)(O)OC[C@H]2O[C@@H](n3cnc4c(N)ncnc43)[C@H](O)[C@@H]2O)c(CO)c1O. The Balaban J connectivity index is 1.34. The number of fused-ring (bicyclic) bond motifs is 1. The number of aliphatic hydroxyl groups is 3. The number of nitrogens with zero attached hydrogens (tertiary/aromatic N) is 5. The fraction of sp³-hybridized carbons (Fsp3) is 0.444. The highest BCUT2D eigenvalue weighted by molar-refractivity contribution is 7.69. The second-order valence-electron chi connectivity index (χ2n) is 9.17. The zero-order chi connectivity index (χ0) is 34.2. The number of rotatable bonds is 14. The number of nitrogens with two attached hydrogens (primary N) is 1. The Morgan fingerprint density at radius 3 is 2.15 bits per heavy atom. The van der Waals surface area contributed by atoms with Gasteiger partial charge in [0, 0.05) is 17.3 Å². The van der Waals surface area contributed by atoms with Crippen molar-refractivity contribution in [3.63, 3.8) is 0 Å². The van der Waals surface area contributed by atoms with Crippen LogP contribution in [0, 0.1) is 6.92 Å². The second kappa shape index (κ2) is 13.7. The van der Waals surface area contributed by atoms with Gasteiger partial charge < -0.3 is 50.5 Å². The quantitative estimate of drug-likeness (QED) is 0.0951. The molecule has 1 fully saturated rings. The van der Waals surface area contributed by atoms with Crippen molar-refractivity contribution in [2.24, 2.45) is 0 Å². The first-order chi connectivity index (χ1) is 21.2. The maximum Gasteiger partial charge on any atom is 0.490 e. The molecule has 0 bridgehead atoms. The molecule has 3 aromatic heterocycles. The van der Waals surface area contributed by atoms with Gasteiger partial charge in [-0.05, 0) is 6.92 Å². The number of aliphatic hydroxyl groups excluding tert-OH is 3. The zero-order valence-corrected chi connectivity index (χ0v) is 26.5. The molecule has 0 saturated carbocycles. The zero-order valence-electron chi connectivity index (χ0n) is 22.9. The van der Waals surface area contributed by atoms with Crippen molar-refractivity contribution in [2.75, 3.05) is 12.3 Å². The summed E-state index contributed by atoms with van der Waals surface area (Å²) in [5, 5.41) is 40.1. The first-order valence-electron chi connectivity index (χ1n) is 12.2. The first kappa shape index (κ1) is 36.5. The number of aromatic nitrogens is 5. The molecule has 1 aliphatic heterocycles. The smallest absolute Gasteiger partial charge is 0.490 e. The van der Waals surface area contributed by atoms with E-state index in [-0.39, 0.29) is 33.8 Å². The molecule has 24 nitrogen and oxygen atoms in total. The lowest BCUT2D eigenvalue weighted by atomic mass is 10.1. The van der Waals surface area contributed by atoms with Crippen LogP contribution in [-0.4, -0.2) is 89.4 Å². The maximum atomic E-state index is 12.3. The number of imidazole rings is 1. The molecule has 28 heteroatoms. The number of hydrogen-bond acceptors (Lipinski definition) is 19. The van der Waals surface area contributed by atoms with Gasteiger partial charge in [-0.25, -0.2) is 33.2 Å². The van der Waals surface area contributed by atoms with Crippen molar-refractivity contribution in [2.45, 2.75) is 44.7 Å². The molecule has 46 heavy (non-hydrogen) atoms. The number of pyridine rings is 1. The van der Waals surface area contributed by atoms with Crippen LogP contribution in [0.15, 0.2) is 18.9 Å². The van der Waals surface area contributed by atoms with Gasteiger partial charge in [-0.1, -0.05) is 0 Å². The van der Waals surface area contributed by atoms with Gasteiger partial charge >= 0.3 is 31.3 Å². The topological polar surface area (TPSA) is 368 Å². The molecule has 10 N–H and O–H groups in total. The number of hydrogen-bond donors (Lipinski definition) is 9. The predicted molar refractivity (Wildman–Crippen MR) is 146 cm³/mol. The summed E-state index contributed by atoms with van der Waals surface area (Å²) in [7, 11) is -23.6. The van der Waals surface area contributed by atoms with Crippen molar-refractivity contribution in [3.8, 4) is 5.75 Å². The molecule has 256 valence electrons. The summed E-state index contributed by atoms with van der Waals surface area (Å²) in [4.78, 5) is 54.6. The Hall–Kier alpha value is -2.30. The van der Waals surface area contributed by atoms with Crippen LogP contribution < -0.4 is 5.73 Å². The fourth-order valence-electron chi connectivity index (χ4n) is 3.92. The number of ether oxygens (including phenoxy) is 1. The van der Waals surface area contributed by atoms with Crippen molar-refractivity contribution in [1.82, 2.24) is 24.5 Å². The number of phosphoric acid groups is 4. The Morgan fingerprint density at radius 1 is 0.913 bits per heavy atom. The summed E-state index contributed by atoms with van der Waals surface area (Å²) in [5.41, 5.74) is 5.70. The van der Waals surface area contributed by atoms with Crippen LogP contribution in [0.5, 0.6) is 5.75 Å². The lowest BCUT2D eigenvalue weighted by Crippen LogP contribution is -2.33. The van der Waals surface area contributed by atoms with E-state index in [9.17, 15) is 58.3 Å². The van der Waals surface area contributed by atoms with Gasteiger partial charge in [0.05, 0.1) is 31.8 Å². The molecule has 3 aromatic rings. The van der Waals surface area contributed by atoms with Gasteiger partial charge in [-0.15, -0.1) is 0 Å². The summed E-state index contributed by atoms with van der Waals surface area (Å²) in [6, 6.07) is 0. The summed E-state index contributed by atoms with van der Waals surface area (Å²) in [5.74, 6) is -0.476. The fourth-order valence-corrected chi connectivity index (χ4v) is 8.84. The third-order valence-electron chi connectivity index (χ3n) is 5.99. The molecular formula is C18H26N6O18P4. The second-order valence-corrected chi connectivity index (χ2v) is 15.4. The average Bonchev–Trinajstić information content (AvgIpc) is 3.47. The largest absolute Gasteiger partial charge is 0.506 e. The lowest BCUT2D eigenvalue weighted by Gasteiger charge is -2.21. The molecule has 1 saturated heterocycles. The van der Waals surface area contributed by atoms with Crippen LogP contribution in [0.1, 0.15) is 23.0 Å². The minimum Gasteiger partial charge on any atom is -0.506 e. The van der Waals surface area contributed by atoms with E-state index >= 15 is 0 Å². The molecule has 0 radical (unpaired) electrons. The normalized spacial score (nSPS) is 25.5. The van der Waals surface area contributed by atoms with Crippen LogP contribution in [0.25, 0.3) is 11.2 Å². The molecule has 0 aromatic carbocycles. The Morgan fingerprint density at radius 2 is 1.52 bits per heavy atom. The Bertz CT molecular complexity index is 1790. The molecular weight excluding hydrogens is 712 g/mol. The Kier molecular flexibility index (Phi) is 10.9. The van der Waals surface area contributed by atoms with E-state index in [1.165, 1.54) is 11.5 Å². The van der Waals surface area contributed by atoms with Crippen LogP contribution >= 0.6 is 31.3 Å². The highest BCUT2D eigenvalue weighted by atomic mass is 31.3. The third-order valence-corrected chi connectivity index (χ3v) is 11.9. The van der Waals surface area contributed by atoms with Gasteiger partial charge in [0.15, 0.2) is 17.7 Å². The molecule has 0 amide bonds. The van der Waals surface area contributed by atoms with Crippen LogP contribution in [0.2, 0.25) is 0 Å². The van der Waals surface area contributed by atoms with E-state index in [0.29, 0.717) is 0 Å². The summed E-state index contributed by atoms with van der Waals surface area (Å²) >= 11 is 0. The van der Waals surface area contributed by atoms with Gasteiger partial charge in [0.2, 0.25) is 0 Å². The van der Waals surface area contributed by atoms with E-state index in [1.54, 1.807) is 0 Å². The Labute approximate surface area is 256 Å². The third kappa shape index (κ3) is 8.58. The number of aromatic hydroxyl groups is 1. The standard InChI is InChI=1S/C18H26N6O18P4/c1-8-13(26)10(3-25)9(2-20-8)4-37-43(29,30)40-45(33,34)42-46(35,36)41-44(31,32)38-5-11-14(27)15(28)18(39-11)24-7-23-12-16(19)21-6-22-17(12)24/h2,6-7,11,14-15,18,25-28H,3-5H2,1H3,(H,29,30)(H,31,32)(H,33,34)(H,35,36)(H2,19,21,22)/t11-,14-,15-,18-/m1/s1. The van der Waals surface area contributed by atoms with Crippen molar-refractivity contribution < 1.29 is 85.0 Å². The van der Waals surface area contributed by atoms with Crippen molar-refractivity contribution in [3.05, 3.63) is 35.7 Å². The number of aryl methyl sites for hydroxylation is 1. The van der Waals surface area contributed by atoms with Crippen LogP contribution in [0.3, 0.4) is 0 Å². The molecule has 0 spiro atoms. The van der Waals surface area contributed by atoms with E-state index in [4.69, 9.17) is 10.5 Å². The van der Waals surface area contributed by atoms with E-state index in [0.717, 1.165) is 18.9 Å². The van der Waals surface area contributed by atoms with Crippen LogP contribution in [-0.2, 0) is 58.2 Å². The number of anilines is 1. The number of nitrogen functional groups attached to an aromatic ring is 1. The van der Waals surface area contributed by atoms with Crippen molar-refractivity contribution in [1.29, 1.82) is 0 Å². The minimum atomic E-state index is -6.13. The summed E-state index contributed by atoms with van der Waals surface area (Å²) in [6.45, 7) is -1.41. The van der Waals surface area contributed by atoms with E-state index < -0.39 is 81.4 Å². The van der Waals surface area contributed by atoms with E-state index in [1.807, 2.05) is 0 Å². The minimum absolute atomic E-state index is 0.00423. The average molecular weight is 738 g/mol. The molecule has 4 heterocycles. The van der Waals surface area contributed by atoms with Gasteiger partial charge in [0.1, 0.15) is 35.9 Å². The van der Waals surface area contributed by atoms with Crippen LogP contribution in [0.4, 0.5) is 5.82 Å².